The first-order valence-corrected chi connectivity index (χ1v) is 10.6. The molecule has 1 aromatic heterocycles. The molecule has 1 aliphatic carbocycles. The van der Waals surface area contributed by atoms with Gasteiger partial charge in [-0.2, -0.15) is 0 Å². The van der Waals surface area contributed by atoms with Crippen LogP contribution in [0.4, 0.5) is 5.69 Å². The smallest absolute Gasteiger partial charge is 0.350 e. The quantitative estimate of drug-likeness (QED) is 0.678. The molecule has 146 valence electrons. The molecule has 1 aromatic rings. The third kappa shape index (κ3) is 4.86. The molecule has 0 aromatic carbocycles. The van der Waals surface area contributed by atoms with Gasteiger partial charge in [-0.1, -0.05) is 26.7 Å². The number of methoxy groups -OCH3 is 1. The Morgan fingerprint density at radius 1 is 1.31 bits per heavy atom. The maximum Gasteiger partial charge on any atom is 0.350 e. The van der Waals surface area contributed by atoms with E-state index in [-0.39, 0.29) is 24.0 Å². The van der Waals surface area contributed by atoms with Gasteiger partial charge in [-0.15, -0.1) is 11.3 Å². The SMILES string of the molecule is CCCCC(CC)C(=O)N(c1ccsc1C(=O)OC)C1CCC(O)CC1. The van der Waals surface area contributed by atoms with E-state index in [1.54, 1.807) is 0 Å². The maximum absolute atomic E-state index is 13.4. The Hall–Kier alpha value is -1.40. The number of anilines is 1. The molecule has 6 heteroatoms. The van der Waals surface area contributed by atoms with Gasteiger partial charge in [-0.25, -0.2) is 4.79 Å². The summed E-state index contributed by atoms with van der Waals surface area (Å²) in [5.74, 6) is -0.330. The van der Waals surface area contributed by atoms with E-state index in [4.69, 9.17) is 4.74 Å². The summed E-state index contributed by atoms with van der Waals surface area (Å²) in [6.07, 6.45) is 6.36. The molecule has 0 spiro atoms. The van der Waals surface area contributed by atoms with Crippen molar-refractivity contribution >= 4 is 28.9 Å². The molecule has 1 saturated carbocycles. The Bertz CT molecular complexity index is 592. The first-order chi connectivity index (χ1) is 12.5. The first-order valence-electron chi connectivity index (χ1n) is 9.70. The van der Waals surface area contributed by atoms with Gasteiger partial charge in [0.05, 0.1) is 18.9 Å². The summed E-state index contributed by atoms with van der Waals surface area (Å²) >= 11 is 1.31. The first kappa shape index (κ1) is 20.9. The number of nitrogens with zero attached hydrogens (tertiary/aromatic N) is 1. The molecule has 1 atom stereocenters. The van der Waals surface area contributed by atoms with Crippen molar-refractivity contribution in [2.24, 2.45) is 5.92 Å². The topological polar surface area (TPSA) is 66.8 Å². The molecule has 1 heterocycles. The number of aliphatic hydroxyl groups is 1. The summed E-state index contributed by atoms with van der Waals surface area (Å²) in [4.78, 5) is 27.9. The van der Waals surface area contributed by atoms with E-state index >= 15 is 0 Å². The van der Waals surface area contributed by atoms with Gasteiger partial charge in [0, 0.05) is 12.0 Å². The highest BCUT2D eigenvalue weighted by Gasteiger charge is 2.35. The van der Waals surface area contributed by atoms with Gasteiger partial charge < -0.3 is 14.7 Å². The number of ether oxygens (including phenoxy) is 1. The van der Waals surface area contributed by atoms with Crippen LogP contribution in [0.25, 0.3) is 0 Å². The Morgan fingerprint density at radius 2 is 2.00 bits per heavy atom. The van der Waals surface area contributed by atoms with Gasteiger partial charge >= 0.3 is 5.97 Å². The number of rotatable bonds is 8. The number of esters is 1. The van der Waals surface area contributed by atoms with E-state index in [1.807, 2.05) is 16.3 Å². The number of carbonyl (C=O) groups is 2. The van der Waals surface area contributed by atoms with Crippen molar-refractivity contribution in [1.82, 2.24) is 0 Å². The lowest BCUT2D eigenvalue weighted by molar-refractivity contribution is -0.123. The van der Waals surface area contributed by atoms with Crippen molar-refractivity contribution in [2.75, 3.05) is 12.0 Å². The van der Waals surface area contributed by atoms with Gasteiger partial charge in [0.1, 0.15) is 4.88 Å². The number of carbonyl (C=O) groups excluding carboxylic acids is 2. The molecule has 1 unspecified atom stereocenters. The van der Waals surface area contributed by atoms with Crippen LogP contribution in [-0.4, -0.2) is 36.2 Å². The molecule has 1 N–H and O–H groups in total. The van der Waals surface area contributed by atoms with Crippen LogP contribution >= 0.6 is 11.3 Å². The van der Waals surface area contributed by atoms with Crippen LogP contribution in [-0.2, 0) is 9.53 Å². The lowest BCUT2D eigenvalue weighted by Crippen LogP contribution is -2.46. The highest BCUT2D eigenvalue weighted by molar-refractivity contribution is 7.12. The van der Waals surface area contributed by atoms with Gasteiger partial charge in [0.2, 0.25) is 5.91 Å². The Morgan fingerprint density at radius 3 is 2.58 bits per heavy atom. The zero-order valence-corrected chi connectivity index (χ0v) is 16.9. The van der Waals surface area contributed by atoms with Crippen molar-refractivity contribution in [3.63, 3.8) is 0 Å². The summed E-state index contributed by atoms with van der Waals surface area (Å²) in [6, 6.07) is 1.88. The fourth-order valence-corrected chi connectivity index (χ4v) is 4.50. The highest BCUT2D eigenvalue weighted by atomic mass is 32.1. The Balaban J connectivity index is 2.34. The number of amides is 1. The number of thiophene rings is 1. The molecule has 0 bridgehead atoms. The summed E-state index contributed by atoms with van der Waals surface area (Å²) in [5.41, 5.74) is 0.670. The summed E-state index contributed by atoms with van der Waals surface area (Å²) in [7, 11) is 1.37. The molecule has 5 nitrogen and oxygen atoms in total. The molecule has 1 fully saturated rings. The maximum atomic E-state index is 13.4. The largest absolute Gasteiger partial charge is 0.465 e. The summed E-state index contributed by atoms with van der Waals surface area (Å²) in [6.45, 7) is 4.18. The molecular formula is C20H31NO4S. The predicted octanol–water partition coefficient (Wildman–Crippen LogP) is 4.39. The number of hydrogen-bond acceptors (Lipinski definition) is 5. The second kappa shape index (κ2) is 10.1. The number of unbranched alkanes of at least 4 members (excludes halogenated alkanes) is 1. The zero-order valence-electron chi connectivity index (χ0n) is 16.1. The van der Waals surface area contributed by atoms with E-state index in [2.05, 4.69) is 13.8 Å². The fourth-order valence-electron chi connectivity index (χ4n) is 3.70. The van der Waals surface area contributed by atoms with Crippen LogP contribution in [0.3, 0.4) is 0 Å². The molecule has 1 amide bonds. The second-order valence-corrected chi connectivity index (χ2v) is 7.96. The third-order valence-corrected chi connectivity index (χ3v) is 6.18. The van der Waals surface area contributed by atoms with Crippen LogP contribution in [0.15, 0.2) is 11.4 Å². The van der Waals surface area contributed by atoms with Gasteiger partial charge in [-0.05, 0) is 50.0 Å². The summed E-state index contributed by atoms with van der Waals surface area (Å²) < 4.78 is 4.91. The second-order valence-electron chi connectivity index (χ2n) is 7.04. The van der Waals surface area contributed by atoms with E-state index in [9.17, 15) is 14.7 Å². The van der Waals surface area contributed by atoms with Crippen LogP contribution in [0.5, 0.6) is 0 Å². The van der Waals surface area contributed by atoms with E-state index < -0.39 is 5.97 Å². The minimum atomic E-state index is -0.398. The van der Waals surface area contributed by atoms with Crippen molar-refractivity contribution in [2.45, 2.75) is 77.4 Å². The predicted molar refractivity (Wildman–Crippen MR) is 105 cm³/mol. The lowest BCUT2D eigenvalue weighted by atomic mass is 9.89. The average molecular weight is 382 g/mol. The Labute approximate surface area is 160 Å². The minimum Gasteiger partial charge on any atom is -0.465 e. The summed E-state index contributed by atoms with van der Waals surface area (Å²) in [5, 5.41) is 11.7. The van der Waals surface area contributed by atoms with Crippen molar-refractivity contribution in [3.8, 4) is 0 Å². The molecule has 0 saturated heterocycles. The van der Waals surface area contributed by atoms with E-state index in [0.29, 0.717) is 23.4 Å². The molecule has 2 rings (SSSR count). The van der Waals surface area contributed by atoms with E-state index in [1.165, 1.54) is 18.4 Å². The minimum absolute atomic E-state index is 0.0274. The molecule has 0 radical (unpaired) electrons. The van der Waals surface area contributed by atoms with Crippen LogP contribution < -0.4 is 4.90 Å². The van der Waals surface area contributed by atoms with E-state index in [0.717, 1.165) is 38.5 Å². The van der Waals surface area contributed by atoms with Crippen LogP contribution in [0, 0.1) is 5.92 Å². The molecule has 1 aliphatic rings. The van der Waals surface area contributed by atoms with Gasteiger partial charge in [-0.3, -0.25) is 4.79 Å². The monoisotopic (exact) mass is 381 g/mol. The molecule has 26 heavy (non-hydrogen) atoms. The third-order valence-electron chi connectivity index (χ3n) is 5.29. The standard InChI is InChI=1S/C20H31NO4S/c1-4-6-7-14(5-2)19(23)21(15-8-10-16(22)11-9-15)17-12-13-26-18(17)20(24)25-3/h12-16,22H,4-11H2,1-3H3. The van der Waals surface area contributed by atoms with Gasteiger partial charge in [0.25, 0.3) is 0 Å². The highest BCUT2D eigenvalue weighted by Crippen LogP contribution is 2.35. The number of aliphatic hydroxyl groups excluding tert-OH is 1. The van der Waals surface area contributed by atoms with Crippen LogP contribution in [0.1, 0.15) is 74.9 Å². The fraction of sp³-hybridized carbons (Fsp3) is 0.700. The number of hydrogen-bond donors (Lipinski definition) is 1. The van der Waals surface area contributed by atoms with Crippen molar-refractivity contribution < 1.29 is 19.4 Å². The van der Waals surface area contributed by atoms with Crippen molar-refractivity contribution in [1.29, 1.82) is 0 Å². The van der Waals surface area contributed by atoms with Gasteiger partial charge in [0.15, 0.2) is 0 Å². The normalized spacial score (nSPS) is 21.2. The average Bonchev–Trinajstić information content (AvgIpc) is 3.13. The lowest BCUT2D eigenvalue weighted by Gasteiger charge is -2.37. The molecule has 0 aliphatic heterocycles. The van der Waals surface area contributed by atoms with Crippen molar-refractivity contribution in [3.05, 3.63) is 16.3 Å². The van der Waals surface area contributed by atoms with Crippen LogP contribution in [0.2, 0.25) is 0 Å². The molecular weight excluding hydrogens is 350 g/mol. The zero-order chi connectivity index (χ0) is 19.1. The Kier molecular flexibility index (Phi) is 8.10.